The second-order valence-corrected chi connectivity index (χ2v) is 5.48. The van der Waals surface area contributed by atoms with Crippen LogP contribution in [0, 0.1) is 0 Å². The average Bonchev–Trinajstić information content (AvgIpc) is 2.92. The number of rotatable bonds is 4. The van der Waals surface area contributed by atoms with Gasteiger partial charge in [-0.25, -0.2) is 9.59 Å². The van der Waals surface area contributed by atoms with Crippen LogP contribution in [0.15, 0.2) is 0 Å². The molecule has 2 aliphatic heterocycles. The number of hydrogen-bond donors (Lipinski definition) is 3. The zero-order valence-electron chi connectivity index (χ0n) is 9.97. The topological polar surface area (TPSA) is 116 Å². The smallest absolute Gasteiger partial charge is 0.330 e. The van der Waals surface area contributed by atoms with Crippen molar-refractivity contribution >= 4 is 35.6 Å². The van der Waals surface area contributed by atoms with E-state index >= 15 is 0 Å². The van der Waals surface area contributed by atoms with Gasteiger partial charge in [-0.2, -0.15) is 11.8 Å². The molecule has 0 aromatic rings. The number of nitrogens with zero attached hydrogens (tertiary/aromatic N) is 1. The second kappa shape index (κ2) is 5.08. The number of urea groups is 1. The molecule has 0 aliphatic carbocycles. The normalized spacial score (nSPS) is 26.4. The van der Waals surface area contributed by atoms with Crippen LogP contribution in [0.4, 0.5) is 4.79 Å². The summed E-state index contributed by atoms with van der Waals surface area (Å²) in [6, 6.07) is -0.634. The molecule has 0 aromatic carbocycles. The van der Waals surface area contributed by atoms with Gasteiger partial charge < -0.3 is 15.7 Å². The summed E-state index contributed by atoms with van der Waals surface area (Å²) >= 11 is 1.44. The number of carbonyl (C=O) groups excluding carboxylic acids is 3. The van der Waals surface area contributed by atoms with Gasteiger partial charge >= 0.3 is 12.0 Å². The summed E-state index contributed by atoms with van der Waals surface area (Å²) in [5, 5.41) is 13.9. The van der Waals surface area contributed by atoms with Gasteiger partial charge in [0.25, 0.3) is 5.91 Å². The molecule has 0 aromatic heterocycles. The predicted molar refractivity (Wildman–Crippen MR) is 65.6 cm³/mol. The van der Waals surface area contributed by atoms with Crippen LogP contribution in [-0.4, -0.2) is 64.0 Å². The zero-order chi connectivity index (χ0) is 14.0. The zero-order valence-corrected chi connectivity index (χ0v) is 10.8. The third-order valence-corrected chi connectivity index (χ3v) is 4.24. The average molecular weight is 287 g/mol. The molecule has 0 bridgehead atoms. The first-order valence-corrected chi connectivity index (χ1v) is 6.80. The standard InChI is InChI=1S/C10H13N3O5S/c14-6(4-13-7(15)3-11-9(13)18)12-10(8(16)17)1-2-19-5-10/h1-5H2,(H,11,18)(H,12,14)(H,16,17). The van der Waals surface area contributed by atoms with Crippen molar-refractivity contribution in [3.8, 4) is 0 Å². The van der Waals surface area contributed by atoms with Crippen LogP contribution >= 0.6 is 11.8 Å². The highest BCUT2D eigenvalue weighted by Gasteiger charge is 2.44. The minimum absolute atomic E-state index is 0.133. The van der Waals surface area contributed by atoms with Crippen LogP contribution in [0.5, 0.6) is 0 Å². The Bertz CT molecular complexity index is 430. The molecule has 1 atom stereocenters. The summed E-state index contributed by atoms with van der Waals surface area (Å²) in [5.41, 5.74) is -1.29. The summed E-state index contributed by atoms with van der Waals surface area (Å²) in [7, 11) is 0. The number of imide groups is 1. The fraction of sp³-hybridized carbons (Fsp3) is 0.600. The van der Waals surface area contributed by atoms with E-state index < -0.39 is 35.9 Å². The predicted octanol–water partition coefficient (Wildman–Crippen LogP) is -1.39. The number of carboxylic acids is 1. The molecule has 2 saturated heterocycles. The molecule has 2 heterocycles. The van der Waals surface area contributed by atoms with Crippen LogP contribution < -0.4 is 10.6 Å². The number of hydrogen-bond acceptors (Lipinski definition) is 5. The maximum atomic E-state index is 11.8. The summed E-state index contributed by atoms with van der Waals surface area (Å²) in [6.45, 7) is -0.587. The van der Waals surface area contributed by atoms with E-state index in [9.17, 15) is 24.3 Å². The van der Waals surface area contributed by atoms with Gasteiger partial charge in [0.05, 0.1) is 6.54 Å². The molecule has 4 amide bonds. The molecule has 0 radical (unpaired) electrons. The van der Waals surface area contributed by atoms with E-state index in [0.29, 0.717) is 12.2 Å². The Hall–Kier alpha value is -1.77. The Kier molecular flexibility index (Phi) is 3.65. The molecule has 1 unspecified atom stereocenters. The summed E-state index contributed by atoms with van der Waals surface area (Å²) in [6.07, 6.45) is 0.332. The number of thioether (sulfide) groups is 1. The first kappa shape index (κ1) is 13.7. The lowest BCUT2D eigenvalue weighted by molar-refractivity contribution is -0.146. The number of nitrogens with one attached hydrogen (secondary N) is 2. The Morgan fingerprint density at radius 2 is 2.21 bits per heavy atom. The lowest BCUT2D eigenvalue weighted by atomic mass is 9.99. The molecule has 19 heavy (non-hydrogen) atoms. The highest BCUT2D eigenvalue weighted by Crippen LogP contribution is 2.28. The molecule has 8 nitrogen and oxygen atoms in total. The fourth-order valence-electron chi connectivity index (χ4n) is 1.95. The van der Waals surface area contributed by atoms with E-state index in [-0.39, 0.29) is 12.3 Å². The maximum absolute atomic E-state index is 11.8. The molecule has 2 fully saturated rings. The quantitative estimate of drug-likeness (QED) is 0.549. The van der Waals surface area contributed by atoms with Crippen LogP contribution in [0.2, 0.25) is 0 Å². The fourth-order valence-corrected chi connectivity index (χ4v) is 3.28. The van der Waals surface area contributed by atoms with Gasteiger partial charge in [0, 0.05) is 5.75 Å². The minimum Gasteiger partial charge on any atom is -0.479 e. The number of carboxylic acid groups (broad SMARTS) is 1. The van der Waals surface area contributed by atoms with Gasteiger partial charge in [0.15, 0.2) is 0 Å². The molecule has 2 aliphatic rings. The monoisotopic (exact) mass is 287 g/mol. The molecular formula is C10H13N3O5S. The van der Waals surface area contributed by atoms with E-state index in [1.807, 2.05) is 0 Å². The molecule has 0 spiro atoms. The second-order valence-electron chi connectivity index (χ2n) is 4.38. The summed E-state index contributed by atoms with van der Waals surface area (Å²) < 4.78 is 0. The van der Waals surface area contributed by atoms with E-state index in [1.54, 1.807) is 0 Å². The van der Waals surface area contributed by atoms with Crippen molar-refractivity contribution in [3.05, 3.63) is 0 Å². The Morgan fingerprint density at radius 3 is 2.68 bits per heavy atom. The minimum atomic E-state index is -1.29. The number of amides is 4. The first-order chi connectivity index (χ1) is 8.94. The van der Waals surface area contributed by atoms with Crippen molar-refractivity contribution in [1.82, 2.24) is 15.5 Å². The van der Waals surface area contributed by atoms with Gasteiger partial charge in [-0.05, 0) is 12.2 Å². The first-order valence-electron chi connectivity index (χ1n) is 5.65. The summed E-state index contributed by atoms with van der Waals surface area (Å²) in [5.74, 6) is -1.30. The van der Waals surface area contributed by atoms with E-state index in [4.69, 9.17) is 0 Å². The molecule has 0 saturated carbocycles. The lowest BCUT2D eigenvalue weighted by Gasteiger charge is -2.25. The molecular weight excluding hydrogens is 274 g/mol. The van der Waals surface area contributed by atoms with Crippen LogP contribution in [0.3, 0.4) is 0 Å². The lowest BCUT2D eigenvalue weighted by Crippen LogP contribution is -2.57. The van der Waals surface area contributed by atoms with Crippen LogP contribution in [-0.2, 0) is 14.4 Å². The number of carbonyl (C=O) groups is 4. The third kappa shape index (κ3) is 2.65. The van der Waals surface area contributed by atoms with E-state index in [1.165, 1.54) is 11.8 Å². The van der Waals surface area contributed by atoms with Crippen molar-refractivity contribution in [2.24, 2.45) is 0 Å². The summed E-state index contributed by atoms with van der Waals surface area (Å²) in [4.78, 5) is 46.4. The molecule has 9 heteroatoms. The van der Waals surface area contributed by atoms with E-state index in [2.05, 4.69) is 10.6 Å². The molecule has 104 valence electrons. The van der Waals surface area contributed by atoms with Crippen molar-refractivity contribution in [3.63, 3.8) is 0 Å². The van der Waals surface area contributed by atoms with Gasteiger partial charge in [-0.15, -0.1) is 0 Å². The van der Waals surface area contributed by atoms with Crippen molar-refractivity contribution in [2.75, 3.05) is 24.6 Å². The van der Waals surface area contributed by atoms with Gasteiger partial charge in [0.1, 0.15) is 12.1 Å². The molecule has 2 rings (SSSR count). The van der Waals surface area contributed by atoms with Crippen LogP contribution in [0.25, 0.3) is 0 Å². The van der Waals surface area contributed by atoms with Crippen LogP contribution in [0.1, 0.15) is 6.42 Å². The number of aliphatic carboxylic acids is 1. The van der Waals surface area contributed by atoms with Gasteiger partial charge in [0.2, 0.25) is 5.91 Å². The molecule has 3 N–H and O–H groups in total. The third-order valence-electron chi connectivity index (χ3n) is 3.05. The Balaban J connectivity index is 1.99. The van der Waals surface area contributed by atoms with Crippen molar-refractivity contribution < 1.29 is 24.3 Å². The highest BCUT2D eigenvalue weighted by molar-refractivity contribution is 7.99. The van der Waals surface area contributed by atoms with Crippen molar-refractivity contribution in [2.45, 2.75) is 12.0 Å². The Morgan fingerprint density at radius 1 is 1.47 bits per heavy atom. The Labute approximate surface area is 112 Å². The highest BCUT2D eigenvalue weighted by atomic mass is 32.2. The van der Waals surface area contributed by atoms with E-state index in [0.717, 1.165) is 4.90 Å². The maximum Gasteiger partial charge on any atom is 0.330 e. The van der Waals surface area contributed by atoms with Gasteiger partial charge in [-0.3, -0.25) is 14.5 Å². The van der Waals surface area contributed by atoms with Crippen molar-refractivity contribution in [1.29, 1.82) is 0 Å². The van der Waals surface area contributed by atoms with Gasteiger partial charge in [-0.1, -0.05) is 0 Å². The SMILES string of the molecule is O=C(CN1C(=O)CNC1=O)NC1(C(=O)O)CCSC1. The largest absolute Gasteiger partial charge is 0.479 e.